The molecule has 1 N–H and O–H groups in total. The highest BCUT2D eigenvalue weighted by molar-refractivity contribution is 7.12. The number of hydrogen-bond donors (Lipinski definition) is 1. The van der Waals surface area contributed by atoms with Crippen LogP contribution in [0.3, 0.4) is 0 Å². The summed E-state index contributed by atoms with van der Waals surface area (Å²) >= 11 is 1.49. The second-order valence-electron chi connectivity index (χ2n) is 2.75. The molecule has 4 nitrogen and oxygen atoms in total. The van der Waals surface area contributed by atoms with E-state index in [2.05, 4.69) is 10.1 Å². The Bertz CT molecular complexity index is 419. The van der Waals surface area contributed by atoms with Crippen molar-refractivity contribution in [1.82, 2.24) is 14.8 Å². The van der Waals surface area contributed by atoms with Crippen LogP contribution in [0.4, 0.5) is 0 Å². The van der Waals surface area contributed by atoms with Gasteiger partial charge >= 0.3 is 0 Å². The van der Waals surface area contributed by atoms with Gasteiger partial charge < -0.3 is 5.11 Å². The van der Waals surface area contributed by atoms with Crippen molar-refractivity contribution in [2.75, 3.05) is 0 Å². The summed E-state index contributed by atoms with van der Waals surface area (Å²) in [6.45, 7) is 3.59. The zero-order valence-electron chi connectivity index (χ0n) is 7.35. The fraction of sp³-hybridized carbons (Fsp3) is 0.250. The number of nitrogens with zero attached hydrogens (tertiary/aromatic N) is 3. The lowest BCUT2D eigenvalue weighted by Gasteiger charge is -1.96. The molecule has 0 saturated heterocycles. The second kappa shape index (κ2) is 2.85. The topological polar surface area (TPSA) is 50.9 Å². The molecule has 0 saturated carbocycles. The van der Waals surface area contributed by atoms with Crippen molar-refractivity contribution in [2.45, 2.75) is 13.8 Å². The van der Waals surface area contributed by atoms with Crippen LogP contribution in [-0.2, 0) is 0 Å². The number of aromatic hydroxyl groups is 1. The molecule has 0 atom stereocenters. The second-order valence-corrected chi connectivity index (χ2v) is 3.62. The molecule has 13 heavy (non-hydrogen) atoms. The minimum atomic E-state index is 0.246. The van der Waals surface area contributed by atoms with E-state index in [1.54, 1.807) is 17.8 Å². The Labute approximate surface area is 79.5 Å². The van der Waals surface area contributed by atoms with Gasteiger partial charge in [-0.05, 0) is 13.8 Å². The number of rotatable bonds is 1. The zero-order valence-corrected chi connectivity index (χ0v) is 8.17. The van der Waals surface area contributed by atoms with E-state index in [0.29, 0.717) is 5.69 Å². The Kier molecular flexibility index (Phi) is 1.81. The van der Waals surface area contributed by atoms with Crippen LogP contribution in [0.15, 0.2) is 11.6 Å². The van der Waals surface area contributed by atoms with Gasteiger partial charge in [0.25, 0.3) is 0 Å². The number of aryl methyl sites for hydroxylation is 1. The minimum Gasteiger partial charge on any atom is -0.504 e. The lowest BCUT2D eigenvalue weighted by Crippen LogP contribution is -1.97. The molecule has 0 aromatic carbocycles. The quantitative estimate of drug-likeness (QED) is 0.752. The summed E-state index contributed by atoms with van der Waals surface area (Å²) < 4.78 is 1.65. The molecule has 0 spiro atoms. The van der Waals surface area contributed by atoms with Gasteiger partial charge in [0.2, 0.25) is 5.13 Å². The van der Waals surface area contributed by atoms with Crippen LogP contribution in [0.1, 0.15) is 11.4 Å². The smallest absolute Gasteiger partial charge is 0.210 e. The molecule has 0 aliphatic heterocycles. The molecule has 5 heteroatoms. The fourth-order valence-electron chi connectivity index (χ4n) is 1.14. The molecule has 2 aromatic heterocycles. The summed E-state index contributed by atoms with van der Waals surface area (Å²) in [5.74, 6) is 0.246. The van der Waals surface area contributed by atoms with Crippen molar-refractivity contribution in [2.24, 2.45) is 0 Å². The fourth-order valence-corrected chi connectivity index (χ4v) is 1.78. The first-order valence-corrected chi connectivity index (χ1v) is 4.73. The standard InChI is InChI=1S/C8H9N3OS/c1-5-7(12)6(2)11(10-5)8-9-3-4-13-8/h3-4,12H,1-2H3. The van der Waals surface area contributed by atoms with Crippen molar-refractivity contribution in [3.63, 3.8) is 0 Å². The van der Waals surface area contributed by atoms with Crippen LogP contribution in [0, 0.1) is 13.8 Å². The van der Waals surface area contributed by atoms with Gasteiger partial charge in [-0.25, -0.2) is 9.67 Å². The van der Waals surface area contributed by atoms with E-state index in [4.69, 9.17) is 0 Å². The summed E-state index contributed by atoms with van der Waals surface area (Å²) in [6.07, 6.45) is 1.72. The van der Waals surface area contributed by atoms with Gasteiger partial charge in [-0.15, -0.1) is 11.3 Å². The highest BCUT2D eigenvalue weighted by Crippen LogP contribution is 2.23. The molecule has 0 aliphatic rings. The predicted octanol–water partition coefficient (Wildman–Crippen LogP) is 1.65. The number of hydrogen-bond acceptors (Lipinski definition) is 4. The van der Waals surface area contributed by atoms with Crippen LogP contribution in [0.2, 0.25) is 0 Å². The average molecular weight is 195 g/mol. The monoisotopic (exact) mass is 195 g/mol. The lowest BCUT2D eigenvalue weighted by molar-refractivity contribution is 0.466. The van der Waals surface area contributed by atoms with Gasteiger partial charge in [-0.3, -0.25) is 0 Å². The van der Waals surface area contributed by atoms with E-state index in [1.807, 2.05) is 12.3 Å². The van der Waals surface area contributed by atoms with E-state index in [-0.39, 0.29) is 5.75 Å². The molecule has 2 heterocycles. The largest absolute Gasteiger partial charge is 0.504 e. The van der Waals surface area contributed by atoms with Gasteiger partial charge in [0.1, 0.15) is 5.69 Å². The van der Waals surface area contributed by atoms with E-state index >= 15 is 0 Å². The Balaban J connectivity index is 2.59. The van der Waals surface area contributed by atoms with Crippen LogP contribution in [0.25, 0.3) is 5.13 Å². The van der Waals surface area contributed by atoms with E-state index in [0.717, 1.165) is 10.8 Å². The van der Waals surface area contributed by atoms with E-state index < -0.39 is 0 Å². The summed E-state index contributed by atoms with van der Waals surface area (Å²) in [5.41, 5.74) is 1.36. The highest BCUT2D eigenvalue weighted by Gasteiger charge is 2.12. The third-order valence-corrected chi connectivity index (χ3v) is 2.60. The van der Waals surface area contributed by atoms with Crippen LogP contribution in [0.5, 0.6) is 5.75 Å². The lowest BCUT2D eigenvalue weighted by atomic mass is 10.3. The van der Waals surface area contributed by atoms with E-state index in [1.165, 1.54) is 11.3 Å². The first-order valence-electron chi connectivity index (χ1n) is 3.85. The molecule has 0 fully saturated rings. The Hall–Kier alpha value is -1.36. The maximum Gasteiger partial charge on any atom is 0.210 e. The molecule has 0 bridgehead atoms. The first kappa shape index (κ1) is 8.25. The summed E-state index contributed by atoms with van der Waals surface area (Å²) in [6, 6.07) is 0. The number of aromatic nitrogens is 3. The van der Waals surface area contributed by atoms with Crippen molar-refractivity contribution in [3.8, 4) is 10.9 Å². The van der Waals surface area contributed by atoms with Gasteiger partial charge in [0.15, 0.2) is 5.75 Å². The maximum atomic E-state index is 9.52. The first-order chi connectivity index (χ1) is 6.20. The van der Waals surface area contributed by atoms with Gasteiger partial charge in [-0.1, -0.05) is 0 Å². The van der Waals surface area contributed by atoms with Crippen LogP contribution >= 0.6 is 11.3 Å². The Morgan fingerprint density at radius 3 is 2.69 bits per heavy atom. The molecular formula is C8H9N3OS. The maximum absolute atomic E-state index is 9.52. The third-order valence-electron chi connectivity index (χ3n) is 1.85. The molecule has 0 aliphatic carbocycles. The summed E-state index contributed by atoms with van der Waals surface area (Å²) in [5, 5.41) is 16.3. The molecule has 68 valence electrons. The molecule has 0 radical (unpaired) electrons. The highest BCUT2D eigenvalue weighted by atomic mass is 32.1. The number of thiazole rings is 1. The minimum absolute atomic E-state index is 0.246. The normalized spacial score (nSPS) is 10.6. The molecule has 2 aromatic rings. The van der Waals surface area contributed by atoms with Gasteiger partial charge in [0, 0.05) is 11.6 Å². The van der Waals surface area contributed by atoms with Crippen molar-refractivity contribution in [3.05, 3.63) is 23.0 Å². The SMILES string of the molecule is Cc1nn(-c2nccs2)c(C)c1O. The molecule has 2 rings (SSSR count). The third kappa shape index (κ3) is 1.21. The summed E-state index contributed by atoms with van der Waals surface area (Å²) in [4.78, 5) is 4.11. The van der Waals surface area contributed by atoms with Gasteiger partial charge in [-0.2, -0.15) is 5.10 Å². The molecular weight excluding hydrogens is 186 g/mol. The van der Waals surface area contributed by atoms with Crippen LogP contribution < -0.4 is 0 Å². The Morgan fingerprint density at radius 1 is 1.46 bits per heavy atom. The van der Waals surface area contributed by atoms with Gasteiger partial charge in [0.05, 0.1) is 5.69 Å². The average Bonchev–Trinajstić information content (AvgIpc) is 2.70. The molecule has 0 amide bonds. The molecule has 0 unspecified atom stereocenters. The van der Waals surface area contributed by atoms with Crippen molar-refractivity contribution >= 4 is 11.3 Å². The summed E-state index contributed by atoms with van der Waals surface area (Å²) in [7, 11) is 0. The zero-order chi connectivity index (χ0) is 9.42. The van der Waals surface area contributed by atoms with E-state index in [9.17, 15) is 5.11 Å². The van der Waals surface area contributed by atoms with Crippen molar-refractivity contribution < 1.29 is 5.11 Å². The predicted molar refractivity (Wildman–Crippen MR) is 50.4 cm³/mol. The van der Waals surface area contributed by atoms with Crippen molar-refractivity contribution in [1.29, 1.82) is 0 Å². The van der Waals surface area contributed by atoms with Crippen LogP contribution in [-0.4, -0.2) is 19.9 Å². The Morgan fingerprint density at radius 2 is 2.23 bits per heavy atom.